The highest BCUT2D eigenvalue weighted by Crippen LogP contribution is 2.44. The van der Waals surface area contributed by atoms with Gasteiger partial charge in [0.2, 0.25) is 5.88 Å². The topological polar surface area (TPSA) is 60.9 Å². The number of alkyl halides is 3. The first-order valence-corrected chi connectivity index (χ1v) is 11.6. The molecule has 6 nitrogen and oxygen atoms in total. The van der Waals surface area contributed by atoms with Gasteiger partial charge in [0.25, 0.3) is 5.91 Å². The Morgan fingerprint density at radius 1 is 1.18 bits per heavy atom. The highest BCUT2D eigenvalue weighted by Gasteiger charge is 2.45. The van der Waals surface area contributed by atoms with Crippen molar-refractivity contribution >= 4 is 5.91 Å². The molecule has 2 aliphatic rings. The Bertz CT molecular complexity index is 945. The van der Waals surface area contributed by atoms with Gasteiger partial charge in [-0.2, -0.15) is 13.2 Å². The molecule has 2 saturated heterocycles. The van der Waals surface area contributed by atoms with Crippen molar-refractivity contribution in [2.24, 2.45) is 0 Å². The van der Waals surface area contributed by atoms with E-state index in [9.17, 15) is 18.0 Å². The monoisotopic (exact) mass is 478 g/mol. The molecule has 0 N–H and O–H groups in total. The lowest BCUT2D eigenvalue weighted by molar-refractivity contribution is -0.190. The Kier molecular flexibility index (Phi) is 7.42. The number of hydrogen-bond acceptors (Lipinski definition) is 5. The number of halogens is 3. The number of carbonyl (C=O) groups excluding carboxylic acids is 1. The molecule has 0 saturated carbocycles. The van der Waals surface area contributed by atoms with E-state index in [1.165, 1.54) is 18.3 Å². The highest BCUT2D eigenvalue weighted by atomic mass is 19.4. The minimum Gasteiger partial charge on any atom is -0.468 e. The molecule has 3 heterocycles. The molecule has 2 aromatic rings. The van der Waals surface area contributed by atoms with Gasteiger partial charge in [-0.15, -0.1) is 0 Å². The van der Waals surface area contributed by atoms with Gasteiger partial charge < -0.3 is 19.1 Å². The summed E-state index contributed by atoms with van der Waals surface area (Å²) < 4.78 is 54.2. The third kappa shape index (κ3) is 6.07. The van der Waals surface area contributed by atoms with Crippen LogP contribution in [0.5, 0.6) is 5.88 Å². The van der Waals surface area contributed by atoms with Crippen LogP contribution >= 0.6 is 0 Å². The van der Waals surface area contributed by atoms with Gasteiger partial charge in [0.1, 0.15) is 0 Å². The van der Waals surface area contributed by atoms with Crippen LogP contribution in [-0.4, -0.2) is 60.0 Å². The van der Waals surface area contributed by atoms with Gasteiger partial charge >= 0.3 is 6.18 Å². The zero-order valence-electron chi connectivity index (χ0n) is 19.1. The number of ether oxygens (including phenoxy) is 3. The maximum atomic E-state index is 13.0. The van der Waals surface area contributed by atoms with E-state index in [1.54, 1.807) is 4.90 Å². The fourth-order valence-corrected chi connectivity index (χ4v) is 4.74. The molecule has 2 fully saturated rings. The van der Waals surface area contributed by atoms with Gasteiger partial charge in [0, 0.05) is 44.8 Å². The highest BCUT2D eigenvalue weighted by molar-refractivity contribution is 5.94. The molecule has 1 aromatic carbocycles. The quantitative estimate of drug-likeness (QED) is 0.588. The number of benzene rings is 1. The summed E-state index contributed by atoms with van der Waals surface area (Å²) in [5.41, 5.74) is 1.08. The van der Waals surface area contributed by atoms with Crippen molar-refractivity contribution in [1.29, 1.82) is 0 Å². The van der Waals surface area contributed by atoms with Crippen molar-refractivity contribution in [2.45, 2.75) is 56.6 Å². The lowest BCUT2D eigenvalue weighted by Gasteiger charge is -2.48. The molecule has 184 valence electrons. The summed E-state index contributed by atoms with van der Waals surface area (Å²) in [7, 11) is 0. The smallest absolute Gasteiger partial charge is 0.422 e. The van der Waals surface area contributed by atoms with Crippen molar-refractivity contribution in [1.82, 2.24) is 9.88 Å². The normalized spacial score (nSPS) is 22.5. The van der Waals surface area contributed by atoms with Gasteiger partial charge in [-0.25, -0.2) is 4.98 Å². The van der Waals surface area contributed by atoms with E-state index >= 15 is 0 Å². The number of likely N-dealkylation sites (tertiary alicyclic amines) is 1. The molecule has 4 rings (SSSR count). The number of nitrogens with zero attached hydrogens (tertiary/aromatic N) is 2. The fraction of sp³-hybridized carbons (Fsp3) is 0.520. The third-order valence-electron chi connectivity index (χ3n) is 6.37. The van der Waals surface area contributed by atoms with Crippen LogP contribution in [0.25, 0.3) is 0 Å². The lowest BCUT2D eigenvalue weighted by atomic mass is 9.80. The summed E-state index contributed by atoms with van der Waals surface area (Å²) in [6.07, 6.45) is -0.178. The number of aromatic nitrogens is 1. The zero-order chi connectivity index (χ0) is 24.2. The molecule has 1 aromatic heterocycles. The minimum atomic E-state index is -4.44. The second kappa shape index (κ2) is 10.3. The van der Waals surface area contributed by atoms with Crippen LogP contribution in [0.4, 0.5) is 13.2 Å². The van der Waals surface area contributed by atoms with Gasteiger partial charge in [-0.1, -0.05) is 30.3 Å². The molecule has 2 atom stereocenters. The van der Waals surface area contributed by atoms with Crippen LogP contribution < -0.4 is 4.74 Å². The van der Waals surface area contributed by atoms with E-state index in [2.05, 4.69) is 21.9 Å². The van der Waals surface area contributed by atoms with Gasteiger partial charge in [-0.3, -0.25) is 4.79 Å². The van der Waals surface area contributed by atoms with Crippen molar-refractivity contribution in [3.63, 3.8) is 0 Å². The summed E-state index contributed by atoms with van der Waals surface area (Å²) in [5, 5.41) is 0. The molecule has 2 aliphatic heterocycles. The number of piperidine rings is 1. The first kappa shape index (κ1) is 24.5. The Morgan fingerprint density at radius 3 is 2.53 bits per heavy atom. The van der Waals surface area contributed by atoms with Crippen molar-refractivity contribution in [3.8, 4) is 5.88 Å². The van der Waals surface area contributed by atoms with Crippen LogP contribution in [0.2, 0.25) is 0 Å². The van der Waals surface area contributed by atoms with E-state index in [1.807, 2.05) is 25.1 Å². The molecular weight excluding hydrogens is 449 g/mol. The predicted octanol–water partition coefficient (Wildman–Crippen LogP) is 4.95. The zero-order valence-corrected chi connectivity index (χ0v) is 19.1. The van der Waals surface area contributed by atoms with Gasteiger partial charge in [0.15, 0.2) is 6.61 Å². The maximum Gasteiger partial charge on any atom is 0.422 e. The van der Waals surface area contributed by atoms with Gasteiger partial charge in [-0.05, 0) is 31.4 Å². The number of amides is 1. The van der Waals surface area contributed by atoms with Crippen LogP contribution in [0.1, 0.15) is 54.6 Å². The number of hydrogen-bond donors (Lipinski definition) is 0. The standard InChI is InChI=1S/C25H29F3N2O4/c1-2-32-20-14-21(18-6-4-3-5-7-18)34-24(15-20)10-12-30(13-11-24)23(31)19-8-9-22(29-16-19)33-17-25(26,27)28/h3-9,16,20-21H,2,10-15,17H2,1H3/t20-,21-/m0/s1. The summed E-state index contributed by atoms with van der Waals surface area (Å²) in [4.78, 5) is 18.5. The molecule has 0 unspecified atom stereocenters. The largest absolute Gasteiger partial charge is 0.468 e. The molecule has 0 bridgehead atoms. The Morgan fingerprint density at radius 2 is 1.91 bits per heavy atom. The molecular formula is C25H29F3N2O4. The summed E-state index contributed by atoms with van der Waals surface area (Å²) in [6, 6.07) is 12.9. The van der Waals surface area contributed by atoms with E-state index in [4.69, 9.17) is 9.47 Å². The Balaban J connectivity index is 1.38. The number of carbonyl (C=O) groups is 1. The average molecular weight is 479 g/mol. The average Bonchev–Trinajstić information content (AvgIpc) is 2.83. The van der Waals surface area contributed by atoms with Crippen LogP contribution in [-0.2, 0) is 9.47 Å². The van der Waals surface area contributed by atoms with Crippen LogP contribution in [0, 0.1) is 0 Å². The number of pyridine rings is 1. The summed E-state index contributed by atoms with van der Waals surface area (Å²) in [6.45, 7) is 2.25. The second-order valence-corrected chi connectivity index (χ2v) is 8.80. The first-order chi connectivity index (χ1) is 16.3. The van der Waals surface area contributed by atoms with Crippen LogP contribution in [0.3, 0.4) is 0 Å². The van der Waals surface area contributed by atoms with Gasteiger partial charge in [0.05, 0.1) is 23.4 Å². The fourth-order valence-electron chi connectivity index (χ4n) is 4.74. The molecule has 34 heavy (non-hydrogen) atoms. The predicted molar refractivity (Wildman–Crippen MR) is 119 cm³/mol. The summed E-state index contributed by atoms with van der Waals surface area (Å²) in [5.74, 6) is -0.377. The lowest BCUT2D eigenvalue weighted by Crippen LogP contribution is -2.52. The first-order valence-electron chi connectivity index (χ1n) is 11.6. The SMILES string of the molecule is CCO[C@H]1C[C@@H](c2ccccc2)OC2(CCN(C(=O)c3ccc(OCC(F)(F)F)nc3)CC2)C1. The van der Waals surface area contributed by atoms with Crippen molar-refractivity contribution < 1.29 is 32.2 Å². The third-order valence-corrected chi connectivity index (χ3v) is 6.37. The van der Waals surface area contributed by atoms with E-state index in [0.717, 1.165) is 18.4 Å². The van der Waals surface area contributed by atoms with E-state index in [0.29, 0.717) is 38.1 Å². The van der Waals surface area contributed by atoms with E-state index < -0.39 is 12.8 Å². The Hall–Kier alpha value is -2.65. The molecule has 1 spiro atoms. The summed E-state index contributed by atoms with van der Waals surface area (Å²) >= 11 is 0. The molecule has 9 heteroatoms. The number of rotatable bonds is 6. The molecule has 0 aliphatic carbocycles. The molecule has 1 amide bonds. The van der Waals surface area contributed by atoms with Crippen molar-refractivity contribution in [2.75, 3.05) is 26.3 Å². The second-order valence-electron chi connectivity index (χ2n) is 8.80. The van der Waals surface area contributed by atoms with E-state index in [-0.39, 0.29) is 29.6 Å². The maximum absolute atomic E-state index is 13.0. The minimum absolute atomic E-state index is 0.0535. The Labute approximate surface area is 197 Å². The molecule has 0 radical (unpaired) electrons. The van der Waals surface area contributed by atoms with Crippen LogP contribution in [0.15, 0.2) is 48.7 Å². The van der Waals surface area contributed by atoms with Crippen molar-refractivity contribution in [3.05, 3.63) is 59.8 Å².